The molecular weight excluding hydrogens is 360 g/mol. The highest BCUT2D eigenvalue weighted by atomic mass is 35.5. The van der Waals surface area contributed by atoms with Gasteiger partial charge in [0.15, 0.2) is 23.1 Å². The summed E-state index contributed by atoms with van der Waals surface area (Å²) in [6.07, 6.45) is 3.19. The number of pyridine rings is 1. The Kier molecular flexibility index (Phi) is 4.67. The Hall–Kier alpha value is -3.66. The van der Waals surface area contributed by atoms with Gasteiger partial charge in [-0.15, -0.1) is 10.2 Å². The largest absolute Gasteiger partial charge is 0.382 e. The highest BCUT2D eigenvalue weighted by molar-refractivity contribution is 6.33. The molecule has 0 aliphatic rings. The first-order valence-electron chi connectivity index (χ1n) is 7.15. The molecule has 2 heterocycles. The number of azo groups is 1. The second-order valence-corrected chi connectivity index (χ2v) is 5.40. The molecule has 10 nitrogen and oxygen atoms in total. The first kappa shape index (κ1) is 17.2. The minimum atomic E-state index is -0.561. The fraction of sp³-hybridized carbons (Fsp3) is 0. The zero-order valence-electron chi connectivity index (χ0n) is 13.1. The summed E-state index contributed by atoms with van der Waals surface area (Å²) in [5, 5.41) is 18.6. The van der Waals surface area contributed by atoms with Crippen molar-refractivity contribution >= 4 is 40.3 Å². The van der Waals surface area contributed by atoms with Crippen molar-refractivity contribution in [2.45, 2.75) is 0 Å². The zero-order valence-corrected chi connectivity index (χ0v) is 13.8. The number of benzene rings is 1. The van der Waals surface area contributed by atoms with E-state index in [1.807, 2.05) is 0 Å². The maximum Gasteiger partial charge on any atom is 0.271 e. The van der Waals surface area contributed by atoms with Crippen molar-refractivity contribution < 1.29 is 4.92 Å². The molecule has 3 aromatic rings. The number of aromatic nitrogens is 3. The number of nitrogen functional groups attached to an aromatic ring is 2. The number of nitro groups is 1. The Morgan fingerprint density at radius 1 is 1.04 bits per heavy atom. The van der Waals surface area contributed by atoms with Crippen LogP contribution in [0.25, 0.3) is 11.4 Å². The lowest BCUT2D eigenvalue weighted by Gasteiger charge is -2.06. The molecule has 26 heavy (non-hydrogen) atoms. The Labute approximate surface area is 151 Å². The van der Waals surface area contributed by atoms with Crippen LogP contribution in [0.3, 0.4) is 0 Å². The Balaban J connectivity index is 1.93. The fourth-order valence-electron chi connectivity index (χ4n) is 2.02. The molecular formula is C15H11ClN8O2. The van der Waals surface area contributed by atoms with E-state index in [9.17, 15) is 10.1 Å². The van der Waals surface area contributed by atoms with E-state index >= 15 is 0 Å². The van der Waals surface area contributed by atoms with E-state index in [0.29, 0.717) is 11.4 Å². The molecule has 0 fully saturated rings. The third-order valence-corrected chi connectivity index (χ3v) is 3.58. The second kappa shape index (κ2) is 7.07. The molecule has 0 aliphatic carbocycles. The van der Waals surface area contributed by atoms with Gasteiger partial charge >= 0.3 is 0 Å². The molecule has 0 amide bonds. The number of nitro benzene ring substituents is 1. The molecule has 0 spiro atoms. The van der Waals surface area contributed by atoms with Crippen molar-refractivity contribution in [2.75, 3.05) is 11.5 Å². The number of rotatable bonds is 4. The van der Waals surface area contributed by atoms with Crippen LogP contribution in [0.15, 0.2) is 53.0 Å². The van der Waals surface area contributed by atoms with Crippen LogP contribution >= 0.6 is 11.6 Å². The van der Waals surface area contributed by atoms with Crippen molar-refractivity contribution in [1.82, 2.24) is 15.0 Å². The fourth-order valence-corrected chi connectivity index (χ4v) is 2.23. The van der Waals surface area contributed by atoms with Gasteiger partial charge in [-0.2, -0.15) is 0 Å². The van der Waals surface area contributed by atoms with Gasteiger partial charge in [0.05, 0.1) is 9.95 Å². The molecule has 130 valence electrons. The van der Waals surface area contributed by atoms with E-state index < -0.39 is 4.92 Å². The van der Waals surface area contributed by atoms with Crippen LogP contribution in [0.1, 0.15) is 0 Å². The van der Waals surface area contributed by atoms with Crippen molar-refractivity contribution in [3.8, 4) is 11.4 Å². The highest BCUT2D eigenvalue weighted by Crippen LogP contribution is 2.33. The van der Waals surface area contributed by atoms with Crippen molar-refractivity contribution in [3.05, 3.63) is 57.9 Å². The average Bonchev–Trinajstić information content (AvgIpc) is 2.62. The van der Waals surface area contributed by atoms with Crippen molar-refractivity contribution in [1.29, 1.82) is 0 Å². The summed E-state index contributed by atoms with van der Waals surface area (Å²) in [5.74, 6) is 0.395. The Morgan fingerprint density at radius 2 is 1.69 bits per heavy atom. The van der Waals surface area contributed by atoms with Gasteiger partial charge in [0, 0.05) is 30.1 Å². The number of nitrogens with zero attached hydrogens (tertiary/aromatic N) is 6. The van der Waals surface area contributed by atoms with Gasteiger partial charge in [0.2, 0.25) is 0 Å². The summed E-state index contributed by atoms with van der Waals surface area (Å²) in [6, 6.07) is 7.22. The summed E-state index contributed by atoms with van der Waals surface area (Å²) < 4.78 is 0. The van der Waals surface area contributed by atoms with E-state index in [4.69, 9.17) is 23.1 Å². The molecule has 1 aromatic carbocycles. The molecule has 0 aliphatic heterocycles. The van der Waals surface area contributed by atoms with Crippen molar-refractivity contribution in [3.63, 3.8) is 0 Å². The van der Waals surface area contributed by atoms with Crippen LogP contribution in [0.2, 0.25) is 5.02 Å². The third-order valence-electron chi connectivity index (χ3n) is 3.28. The molecule has 3 rings (SSSR count). The number of anilines is 2. The van der Waals surface area contributed by atoms with Crippen molar-refractivity contribution in [2.24, 2.45) is 10.2 Å². The SMILES string of the molecule is Nc1nc(-c2ccncc2)nc(N)c1N=Nc1ccc([N+](=O)[O-])cc1Cl. The van der Waals surface area contributed by atoms with Gasteiger partial charge in [0.1, 0.15) is 5.69 Å². The van der Waals surface area contributed by atoms with Crippen LogP contribution in [0.5, 0.6) is 0 Å². The lowest BCUT2D eigenvalue weighted by Crippen LogP contribution is -2.01. The van der Waals surface area contributed by atoms with E-state index in [1.165, 1.54) is 18.2 Å². The minimum Gasteiger partial charge on any atom is -0.382 e. The van der Waals surface area contributed by atoms with Gasteiger partial charge in [0.25, 0.3) is 5.69 Å². The number of halogens is 1. The molecule has 0 saturated heterocycles. The van der Waals surface area contributed by atoms with Crippen LogP contribution in [-0.2, 0) is 0 Å². The van der Waals surface area contributed by atoms with E-state index in [2.05, 4.69) is 25.2 Å². The molecule has 0 atom stereocenters. The standard InChI is InChI=1S/C15H11ClN8O2/c16-10-7-9(24(25)26)1-2-11(10)22-23-12-13(17)20-15(21-14(12)18)8-3-5-19-6-4-8/h1-7H,(H4,17,18,20,21). The quantitative estimate of drug-likeness (QED) is 0.402. The lowest BCUT2D eigenvalue weighted by atomic mass is 10.2. The van der Waals surface area contributed by atoms with E-state index in [1.54, 1.807) is 24.5 Å². The molecule has 0 radical (unpaired) electrons. The van der Waals surface area contributed by atoms with Crippen LogP contribution < -0.4 is 11.5 Å². The van der Waals surface area contributed by atoms with Gasteiger partial charge in [-0.1, -0.05) is 11.6 Å². The first-order valence-corrected chi connectivity index (χ1v) is 7.52. The predicted octanol–water partition coefficient (Wildman–Crippen LogP) is 3.68. The summed E-state index contributed by atoms with van der Waals surface area (Å²) in [7, 11) is 0. The number of nitrogens with two attached hydrogens (primary N) is 2. The molecule has 4 N–H and O–H groups in total. The van der Waals surface area contributed by atoms with E-state index in [-0.39, 0.29) is 33.7 Å². The summed E-state index contributed by atoms with van der Waals surface area (Å²) in [5.41, 5.74) is 12.6. The van der Waals surface area contributed by atoms with Gasteiger partial charge in [-0.25, -0.2) is 9.97 Å². The monoisotopic (exact) mass is 370 g/mol. The molecule has 0 unspecified atom stereocenters. The highest BCUT2D eigenvalue weighted by Gasteiger charge is 2.13. The maximum absolute atomic E-state index is 10.7. The first-order chi connectivity index (χ1) is 12.5. The van der Waals surface area contributed by atoms with Crippen LogP contribution in [0, 0.1) is 10.1 Å². The number of hydrogen-bond donors (Lipinski definition) is 2. The molecule has 0 saturated carbocycles. The Morgan fingerprint density at radius 3 is 2.27 bits per heavy atom. The summed E-state index contributed by atoms with van der Waals surface area (Å²) >= 11 is 5.97. The maximum atomic E-state index is 10.7. The molecule has 11 heteroatoms. The third kappa shape index (κ3) is 3.54. The predicted molar refractivity (Wildman–Crippen MR) is 96.4 cm³/mol. The number of non-ortho nitro benzene ring substituents is 1. The smallest absolute Gasteiger partial charge is 0.271 e. The Bertz CT molecular complexity index is 987. The van der Waals surface area contributed by atoms with Gasteiger partial charge in [-0.3, -0.25) is 15.1 Å². The van der Waals surface area contributed by atoms with Gasteiger partial charge < -0.3 is 11.5 Å². The van der Waals surface area contributed by atoms with E-state index in [0.717, 1.165) is 0 Å². The second-order valence-electron chi connectivity index (χ2n) is 5.00. The van der Waals surface area contributed by atoms with Crippen LogP contribution in [0.4, 0.5) is 28.7 Å². The molecule has 2 aromatic heterocycles. The number of hydrogen-bond acceptors (Lipinski definition) is 9. The topological polar surface area (TPSA) is 159 Å². The summed E-state index contributed by atoms with van der Waals surface area (Å²) in [6.45, 7) is 0. The normalized spacial score (nSPS) is 11.0. The lowest BCUT2D eigenvalue weighted by molar-refractivity contribution is -0.384. The summed E-state index contributed by atoms with van der Waals surface area (Å²) in [4.78, 5) is 22.4. The minimum absolute atomic E-state index is 0.0334. The average molecular weight is 371 g/mol. The zero-order chi connectivity index (χ0) is 18.7. The molecule has 0 bridgehead atoms. The van der Waals surface area contributed by atoms with Crippen LogP contribution in [-0.4, -0.2) is 19.9 Å². The van der Waals surface area contributed by atoms with Gasteiger partial charge in [-0.05, 0) is 18.2 Å².